The zero-order valence-electron chi connectivity index (χ0n) is 52.2. The lowest BCUT2D eigenvalue weighted by Crippen LogP contribution is -2.12. The van der Waals surface area contributed by atoms with Crippen molar-refractivity contribution in [3.8, 4) is 102 Å². The molecule has 0 heterocycles. The molecule has 0 aliphatic rings. The molecular formula is C78H79NO15. The van der Waals surface area contributed by atoms with E-state index in [0.717, 1.165) is 89.0 Å². The van der Waals surface area contributed by atoms with Gasteiger partial charge in [-0.25, -0.2) is 0 Å². The Bertz CT molecular complexity index is 3480. The van der Waals surface area contributed by atoms with Crippen LogP contribution in [0.3, 0.4) is 0 Å². The maximum Gasteiger partial charge on any atom is 0.123 e. The number of rotatable bonds is 35. The molecule has 16 nitrogen and oxygen atoms in total. The Kier molecular flexibility index (Phi) is 24.5. The van der Waals surface area contributed by atoms with Gasteiger partial charge in [-0.3, -0.25) is 0 Å². The minimum Gasteiger partial charge on any atom is -0.492 e. The fourth-order valence-electron chi connectivity index (χ4n) is 11.4. The van der Waals surface area contributed by atoms with Crippen LogP contribution in [-0.2, 0) is 0 Å². The minimum absolute atomic E-state index is 0.0329. The number of aliphatic hydroxyl groups is 7. The van der Waals surface area contributed by atoms with Crippen molar-refractivity contribution in [1.82, 2.24) is 0 Å². The van der Waals surface area contributed by atoms with E-state index in [9.17, 15) is 35.7 Å². The van der Waals surface area contributed by atoms with Gasteiger partial charge in [-0.2, -0.15) is 0 Å². The van der Waals surface area contributed by atoms with Crippen LogP contribution < -0.4 is 43.6 Å². The third kappa shape index (κ3) is 17.1. The van der Waals surface area contributed by atoms with Crippen LogP contribution in [0.25, 0.3) is 55.6 Å². The monoisotopic (exact) mass is 1270 g/mol. The Morgan fingerprint density at radius 1 is 0.223 bits per heavy atom. The first-order valence-corrected chi connectivity index (χ1v) is 31.4. The van der Waals surface area contributed by atoms with Crippen molar-refractivity contribution in [3.63, 3.8) is 0 Å². The molecule has 0 aliphatic carbocycles. The first kappa shape index (κ1) is 67.2. The molecule has 10 rings (SSSR count). The Balaban J connectivity index is 1.11. The van der Waals surface area contributed by atoms with Crippen molar-refractivity contribution in [3.05, 3.63) is 252 Å². The lowest BCUT2D eigenvalue weighted by molar-refractivity contribution is 0.198. The molecule has 0 spiro atoms. The molecule has 1 unspecified atom stereocenters. The molecule has 1 atom stereocenters. The number of ether oxygens (including phenoxy) is 8. The summed E-state index contributed by atoms with van der Waals surface area (Å²) in [6.07, 6.45) is 0. The lowest BCUT2D eigenvalue weighted by atomic mass is 9.81. The predicted molar refractivity (Wildman–Crippen MR) is 364 cm³/mol. The standard InChI is InChI=1S/C78H79NO15/c79-33-41-87-65-21-9-55(10-22-65)61-17-29-73(91-45-37-83)69(49-61)77(70-50-62(18-30-74(70)92-46-38-84)56-11-23-66(24-12-56)88-42-34-80)59-5-1-53(2-6-59)54-3-7-60(8-4-54)78(71-51-63(19-31-75(71)93-47-39-85)57-13-25-67(26-14-57)89-43-35-81)72-52-64(20-32-76(72)94-48-40-86)58-15-27-68(28-16-58)90-44-36-82/h1-32,49-52,77-78,80-86H,33-48,79H2. The van der Waals surface area contributed by atoms with Crippen LogP contribution in [0.1, 0.15) is 45.2 Å². The van der Waals surface area contributed by atoms with Crippen LogP contribution in [0.15, 0.2) is 218 Å². The van der Waals surface area contributed by atoms with Gasteiger partial charge >= 0.3 is 0 Å². The fourth-order valence-corrected chi connectivity index (χ4v) is 11.4. The molecule has 0 saturated carbocycles. The number of hydrogen-bond acceptors (Lipinski definition) is 16. The zero-order valence-corrected chi connectivity index (χ0v) is 52.2. The van der Waals surface area contributed by atoms with Gasteiger partial charge in [0.15, 0.2) is 0 Å². The van der Waals surface area contributed by atoms with Crippen LogP contribution in [0.5, 0.6) is 46.0 Å². The van der Waals surface area contributed by atoms with E-state index in [0.29, 0.717) is 59.1 Å². The van der Waals surface area contributed by atoms with Crippen molar-refractivity contribution in [2.75, 3.05) is 106 Å². The van der Waals surface area contributed by atoms with Crippen molar-refractivity contribution in [1.29, 1.82) is 0 Å². The molecule has 0 fully saturated rings. The molecule has 0 bridgehead atoms. The van der Waals surface area contributed by atoms with E-state index in [2.05, 4.69) is 72.8 Å². The average Bonchev–Trinajstić information content (AvgIpc) is 0.811. The maximum atomic E-state index is 10.2. The third-order valence-electron chi connectivity index (χ3n) is 15.7. The van der Waals surface area contributed by atoms with Gasteiger partial charge in [-0.15, -0.1) is 0 Å². The highest BCUT2D eigenvalue weighted by Crippen LogP contribution is 2.47. The van der Waals surface area contributed by atoms with Gasteiger partial charge < -0.3 is 79.4 Å². The van der Waals surface area contributed by atoms with Crippen LogP contribution in [0.4, 0.5) is 0 Å². The molecule has 10 aromatic carbocycles. The lowest BCUT2D eigenvalue weighted by Gasteiger charge is -2.26. The SMILES string of the molecule is NCCOc1ccc(-c2ccc(OCCO)c(C(c3ccc(-c4ccc(C(c5cc(-c6ccc(OCCO)cc6)ccc5OCCO)c5cc(-c6ccc(OCCO)cc6)ccc5OCCO)cc4)cc3)c3cc(-c4ccc(OCCO)cc4)ccc3OCCO)c2)cc1. The van der Waals surface area contributed by atoms with Gasteiger partial charge in [0.25, 0.3) is 0 Å². The van der Waals surface area contributed by atoms with E-state index in [1.165, 1.54) is 0 Å². The van der Waals surface area contributed by atoms with Crippen molar-refractivity contribution >= 4 is 0 Å². The Hall–Kier alpha value is -9.72. The number of benzene rings is 10. The first-order valence-electron chi connectivity index (χ1n) is 31.4. The highest BCUT2D eigenvalue weighted by Gasteiger charge is 2.29. The fraction of sp³-hybridized carbons (Fsp3) is 0.231. The average molecular weight is 1270 g/mol. The topological polar surface area (TPSA) is 241 Å². The van der Waals surface area contributed by atoms with Crippen LogP contribution >= 0.6 is 0 Å². The quantitative estimate of drug-likeness (QED) is 0.0172. The third-order valence-corrected chi connectivity index (χ3v) is 15.7. The summed E-state index contributed by atoms with van der Waals surface area (Å²) in [7, 11) is 0. The molecule has 9 N–H and O–H groups in total. The number of hydrogen-bond donors (Lipinski definition) is 8. The van der Waals surface area contributed by atoms with E-state index >= 15 is 0 Å². The number of nitrogens with two attached hydrogens (primary N) is 1. The normalized spacial score (nSPS) is 11.5. The van der Waals surface area contributed by atoms with Gasteiger partial charge in [0, 0.05) is 40.6 Å². The second kappa shape index (κ2) is 34.3. The van der Waals surface area contributed by atoms with E-state index in [4.69, 9.17) is 43.6 Å². The summed E-state index contributed by atoms with van der Waals surface area (Å²) in [6.45, 7) is 0.202. The van der Waals surface area contributed by atoms with Gasteiger partial charge in [0.1, 0.15) is 98.9 Å². The van der Waals surface area contributed by atoms with Gasteiger partial charge in [-0.05, 0) is 164 Å². The minimum atomic E-state index is -0.560. The van der Waals surface area contributed by atoms with Crippen molar-refractivity contribution in [2.45, 2.75) is 11.8 Å². The second-order valence-electron chi connectivity index (χ2n) is 21.9. The largest absolute Gasteiger partial charge is 0.492 e. The summed E-state index contributed by atoms with van der Waals surface area (Å²) in [6, 6.07) is 71.5. The van der Waals surface area contributed by atoms with Gasteiger partial charge in [-0.1, -0.05) is 121 Å². The molecule has 0 saturated heterocycles. The Morgan fingerprint density at radius 3 is 0.638 bits per heavy atom. The highest BCUT2D eigenvalue weighted by atomic mass is 16.5. The molecule has 0 radical (unpaired) electrons. The first-order chi connectivity index (χ1) is 46.3. The van der Waals surface area contributed by atoms with Gasteiger partial charge in [0.05, 0.1) is 46.2 Å². The van der Waals surface area contributed by atoms with E-state index in [1.54, 1.807) is 0 Å². The molecule has 486 valence electrons. The molecule has 0 amide bonds. The summed E-state index contributed by atoms with van der Waals surface area (Å²) in [5.41, 5.74) is 19.7. The summed E-state index contributed by atoms with van der Waals surface area (Å²) in [5.74, 6) is 3.64. The van der Waals surface area contributed by atoms with E-state index < -0.39 is 11.8 Å². The smallest absolute Gasteiger partial charge is 0.123 e. The summed E-state index contributed by atoms with van der Waals surface area (Å²) in [4.78, 5) is 0. The van der Waals surface area contributed by atoms with Crippen LogP contribution in [-0.4, -0.2) is 141 Å². The van der Waals surface area contributed by atoms with E-state index in [-0.39, 0.29) is 92.5 Å². The maximum absolute atomic E-state index is 10.2. The molecule has 0 aromatic heterocycles. The predicted octanol–water partition coefficient (Wildman–Crippen LogP) is 11.3. The molecule has 16 heteroatoms. The molecule has 10 aromatic rings. The van der Waals surface area contributed by atoms with Gasteiger partial charge in [0.2, 0.25) is 0 Å². The summed E-state index contributed by atoms with van der Waals surface area (Å²) in [5, 5.41) is 69.0. The molecule has 94 heavy (non-hydrogen) atoms. The van der Waals surface area contributed by atoms with Crippen LogP contribution in [0.2, 0.25) is 0 Å². The Labute approximate surface area is 547 Å². The van der Waals surface area contributed by atoms with Crippen molar-refractivity contribution < 1.29 is 73.6 Å². The molecule has 0 aliphatic heterocycles. The highest BCUT2D eigenvalue weighted by molar-refractivity contribution is 5.75. The second-order valence-corrected chi connectivity index (χ2v) is 21.9. The van der Waals surface area contributed by atoms with Crippen LogP contribution in [0, 0.1) is 0 Å². The zero-order chi connectivity index (χ0) is 65.4. The summed E-state index contributed by atoms with van der Waals surface area (Å²) < 4.78 is 48.6. The Morgan fingerprint density at radius 2 is 0.415 bits per heavy atom. The molecular weight excluding hydrogens is 1190 g/mol. The summed E-state index contributed by atoms with van der Waals surface area (Å²) >= 11 is 0. The van der Waals surface area contributed by atoms with Crippen molar-refractivity contribution in [2.24, 2.45) is 5.73 Å². The number of aliphatic hydroxyl groups excluding tert-OH is 7. The van der Waals surface area contributed by atoms with E-state index in [1.807, 2.05) is 146 Å².